The van der Waals surface area contributed by atoms with E-state index in [-0.39, 0.29) is 24.7 Å². The summed E-state index contributed by atoms with van der Waals surface area (Å²) in [6.07, 6.45) is 2.47. The molecule has 2 N–H and O–H groups in total. The summed E-state index contributed by atoms with van der Waals surface area (Å²) in [6.45, 7) is 6.04. The summed E-state index contributed by atoms with van der Waals surface area (Å²) in [7, 11) is 0. The second-order valence-electron chi connectivity index (χ2n) is 7.41. The average molecular weight is 399 g/mol. The number of rotatable bonds is 10. The number of hydrogen-bond donors (Lipinski definition) is 2. The number of anilines is 1. The SMILES string of the molecule is CC(C)Oc1ccc(CNC(=O)CNc2cccc(OCC3CCCO3)c2)cc1. The first-order chi connectivity index (χ1) is 14.1. The molecule has 0 saturated carbocycles. The molecule has 6 nitrogen and oxygen atoms in total. The van der Waals surface area contributed by atoms with Gasteiger partial charge < -0.3 is 24.8 Å². The third-order valence-corrected chi connectivity index (χ3v) is 4.53. The fourth-order valence-electron chi connectivity index (χ4n) is 3.06. The van der Waals surface area contributed by atoms with E-state index in [1.54, 1.807) is 0 Å². The van der Waals surface area contributed by atoms with E-state index in [4.69, 9.17) is 14.2 Å². The first kappa shape index (κ1) is 21.0. The van der Waals surface area contributed by atoms with Crippen molar-refractivity contribution >= 4 is 11.6 Å². The number of hydrogen-bond acceptors (Lipinski definition) is 5. The van der Waals surface area contributed by atoms with Gasteiger partial charge in [0.2, 0.25) is 5.91 Å². The van der Waals surface area contributed by atoms with E-state index in [1.807, 2.05) is 62.4 Å². The fraction of sp³-hybridized carbons (Fsp3) is 0.435. The molecule has 1 heterocycles. The summed E-state index contributed by atoms with van der Waals surface area (Å²) in [5, 5.41) is 6.05. The molecule has 6 heteroatoms. The molecular weight excluding hydrogens is 368 g/mol. The van der Waals surface area contributed by atoms with E-state index in [0.717, 1.165) is 42.2 Å². The molecule has 3 rings (SSSR count). The maximum atomic E-state index is 12.1. The second-order valence-corrected chi connectivity index (χ2v) is 7.41. The van der Waals surface area contributed by atoms with Crippen LogP contribution in [0.1, 0.15) is 32.3 Å². The van der Waals surface area contributed by atoms with Gasteiger partial charge in [0.05, 0.1) is 18.8 Å². The van der Waals surface area contributed by atoms with Crippen molar-refractivity contribution in [2.45, 2.75) is 45.4 Å². The number of ether oxygens (including phenoxy) is 3. The lowest BCUT2D eigenvalue weighted by Gasteiger charge is -2.13. The number of carbonyl (C=O) groups excluding carboxylic acids is 1. The molecule has 1 atom stereocenters. The molecule has 0 bridgehead atoms. The maximum absolute atomic E-state index is 12.1. The monoisotopic (exact) mass is 398 g/mol. The van der Waals surface area contributed by atoms with Crippen LogP contribution in [-0.4, -0.2) is 37.9 Å². The summed E-state index contributed by atoms with van der Waals surface area (Å²) < 4.78 is 17.0. The molecule has 1 fully saturated rings. The van der Waals surface area contributed by atoms with Gasteiger partial charge in [0.1, 0.15) is 18.1 Å². The van der Waals surface area contributed by atoms with Crippen LogP contribution in [0.5, 0.6) is 11.5 Å². The van der Waals surface area contributed by atoms with Gasteiger partial charge in [0.25, 0.3) is 0 Å². The van der Waals surface area contributed by atoms with Crippen LogP contribution in [0.4, 0.5) is 5.69 Å². The number of amides is 1. The van der Waals surface area contributed by atoms with Crippen molar-refractivity contribution in [3.05, 3.63) is 54.1 Å². The van der Waals surface area contributed by atoms with Crippen LogP contribution in [0.3, 0.4) is 0 Å². The van der Waals surface area contributed by atoms with Gasteiger partial charge in [-0.1, -0.05) is 18.2 Å². The molecule has 1 saturated heterocycles. The van der Waals surface area contributed by atoms with Crippen molar-refractivity contribution in [3.63, 3.8) is 0 Å². The first-order valence-electron chi connectivity index (χ1n) is 10.2. The molecule has 0 aromatic heterocycles. The predicted octanol–water partition coefficient (Wildman–Crippen LogP) is 3.76. The van der Waals surface area contributed by atoms with Gasteiger partial charge in [-0.05, 0) is 56.5 Å². The Labute approximate surface area is 172 Å². The molecule has 29 heavy (non-hydrogen) atoms. The van der Waals surface area contributed by atoms with Gasteiger partial charge in [0.15, 0.2) is 0 Å². The highest BCUT2D eigenvalue weighted by Crippen LogP contribution is 2.19. The van der Waals surface area contributed by atoms with E-state index >= 15 is 0 Å². The van der Waals surface area contributed by atoms with E-state index in [1.165, 1.54) is 0 Å². The van der Waals surface area contributed by atoms with Crippen LogP contribution < -0.4 is 20.1 Å². The van der Waals surface area contributed by atoms with E-state index in [0.29, 0.717) is 13.2 Å². The topological polar surface area (TPSA) is 68.8 Å². The third kappa shape index (κ3) is 7.31. The molecule has 2 aromatic rings. The molecule has 0 spiro atoms. The minimum atomic E-state index is -0.0711. The standard InChI is InChI=1S/C23H30N2O4/c1-17(2)29-20-10-8-18(9-11-20)14-25-23(26)15-24-19-5-3-6-21(13-19)28-16-22-7-4-12-27-22/h3,5-6,8-11,13,17,22,24H,4,7,12,14-16H2,1-2H3,(H,25,26). The highest BCUT2D eigenvalue weighted by atomic mass is 16.5. The summed E-state index contributed by atoms with van der Waals surface area (Å²) >= 11 is 0. The van der Waals surface area contributed by atoms with Gasteiger partial charge in [-0.25, -0.2) is 0 Å². The Morgan fingerprint density at radius 2 is 2.00 bits per heavy atom. The van der Waals surface area contributed by atoms with Crippen LogP contribution in [0.15, 0.2) is 48.5 Å². The molecule has 156 valence electrons. The fourth-order valence-corrected chi connectivity index (χ4v) is 3.06. The number of nitrogens with one attached hydrogen (secondary N) is 2. The Morgan fingerprint density at radius 3 is 2.72 bits per heavy atom. The highest BCUT2D eigenvalue weighted by Gasteiger charge is 2.16. The lowest BCUT2D eigenvalue weighted by atomic mass is 10.2. The van der Waals surface area contributed by atoms with Gasteiger partial charge in [-0.15, -0.1) is 0 Å². The zero-order valence-electron chi connectivity index (χ0n) is 17.1. The van der Waals surface area contributed by atoms with Crippen molar-refractivity contribution in [1.82, 2.24) is 5.32 Å². The Kier molecular flexibility index (Phi) is 7.76. The zero-order valence-corrected chi connectivity index (χ0v) is 17.1. The first-order valence-corrected chi connectivity index (χ1v) is 10.2. The van der Waals surface area contributed by atoms with Crippen LogP contribution >= 0.6 is 0 Å². The molecule has 1 aliphatic rings. The molecule has 0 aliphatic carbocycles. The minimum absolute atomic E-state index is 0.0711. The molecule has 1 unspecified atom stereocenters. The van der Waals surface area contributed by atoms with Crippen molar-refractivity contribution < 1.29 is 19.0 Å². The Bertz CT molecular complexity index is 771. The maximum Gasteiger partial charge on any atom is 0.239 e. The van der Waals surface area contributed by atoms with Crippen LogP contribution in [-0.2, 0) is 16.1 Å². The smallest absolute Gasteiger partial charge is 0.239 e. The lowest BCUT2D eigenvalue weighted by Crippen LogP contribution is -2.29. The molecule has 2 aromatic carbocycles. The van der Waals surface area contributed by atoms with Crippen LogP contribution in [0, 0.1) is 0 Å². The molecule has 1 amide bonds. The Hall–Kier alpha value is -2.73. The normalized spacial score (nSPS) is 15.9. The Balaban J connectivity index is 1.39. The largest absolute Gasteiger partial charge is 0.491 e. The summed E-state index contributed by atoms with van der Waals surface area (Å²) in [4.78, 5) is 12.1. The zero-order chi connectivity index (χ0) is 20.5. The van der Waals surface area contributed by atoms with E-state index in [2.05, 4.69) is 10.6 Å². The minimum Gasteiger partial charge on any atom is -0.491 e. The summed E-state index contributed by atoms with van der Waals surface area (Å²) in [6, 6.07) is 15.4. The van der Waals surface area contributed by atoms with Crippen LogP contribution in [0.25, 0.3) is 0 Å². The number of carbonyl (C=O) groups is 1. The van der Waals surface area contributed by atoms with E-state index in [9.17, 15) is 4.79 Å². The molecule has 0 radical (unpaired) electrons. The quantitative estimate of drug-likeness (QED) is 0.638. The van der Waals surface area contributed by atoms with Gasteiger partial charge >= 0.3 is 0 Å². The van der Waals surface area contributed by atoms with Crippen molar-refractivity contribution in [3.8, 4) is 11.5 Å². The lowest BCUT2D eigenvalue weighted by molar-refractivity contribution is -0.119. The van der Waals surface area contributed by atoms with Gasteiger partial charge in [-0.2, -0.15) is 0 Å². The van der Waals surface area contributed by atoms with Gasteiger partial charge in [-0.3, -0.25) is 4.79 Å². The number of benzene rings is 2. The molecular formula is C23H30N2O4. The van der Waals surface area contributed by atoms with Crippen molar-refractivity contribution in [2.75, 3.05) is 25.1 Å². The third-order valence-electron chi connectivity index (χ3n) is 4.53. The van der Waals surface area contributed by atoms with Gasteiger partial charge in [0, 0.05) is 24.9 Å². The van der Waals surface area contributed by atoms with Crippen molar-refractivity contribution in [2.24, 2.45) is 0 Å². The summed E-state index contributed by atoms with van der Waals surface area (Å²) in [5.74, 6) is 1.53. The highest BCUT2D eigenvalue weighted by molar-refractivity contribution is 5.80. The van der Waals surface area contributed by atoms with Crippen molar-refractivity contribution in [1.29, 1.82) is 0 Å². The summed E-state index contributed by atoms with van der Waals surface area (Å²) in [5.41, 5.74) is 1.87. The van der Waals surface area contributed by atoms with E-state index < -0.39 is 0 Å². The second kappa shape index (κ2) is 10.7. The predicted molar refractivity (Wildman–Crippen MR) is 113 cm³/mol. The molecule has 1 aliphatic heterocycles. The average Bonchev–Trinajstić information content (AvgIpc) is 3.24. The van der Waals surface area contributed by atoms with Crippen LogP contribution in [0.2, 0.25) is 0 Å². The Morgan fingerprint density at radius 1 is 1.17 bits per heavy atom.